The molecule has 2 heterocycles. The van der Waals surface area contributed by atoms with Crippen LogP contribution in [0.15, 0.2) is 55.8 Å². The van der Waals surface area contributed by atoms with Crippen LogP contribution in [-0.2, 0) is 25.7 Å². The fourth-order valence-electron chi connectivity index (χ4n) is 4.91. The summed E-state index contributed by atoms with van der Waals surface area (Å²) in [5, 5.41) is 31.8. The maximum Gasteiger partial charge on any atom is 0.371 e. The highest BCUT2D eigenvalue weighted by atomic mass is 16.4. The number of azo groups is 1. The Balaban J connectivity index is 1.40. The average Bonchev–Trinajstić information content (AvgIpc) is 3.54. The number of hydrogen-bond acceptors (Lipinski definition) is 6. The van der Waals surface area contributed by atoms with Crippen molar-refractivity contribution in [3.63, 3.8) is 0 Å². The number of carbonyl (C=O) groups is 1. The Labute approximate surface area is 199 Å². The predicted molar refractivity (Wildman–Crippen MR) is 128 cm³/mol. The number of carboxylic acids is 1. The molecule has 0 atom stereocenters. The number of nitrogens with zero attached hydrogens (tertiary/aromatic N) is 3. The van der Waals surface area contributed by atoms with E-state index >= 15 is 0 Å². The number of H-pyrrole nitrogens is 1. The van der Waals surface area contributed by atoms with Crippen LogP contribution in [0.5, 0.6) is 5.75 Å². The number of aromatic carboxylic acids is 1. The van der Waals surface area contributed by atoms with Crippen LogP contribution < -0.4 is 5.56 Å². The van der Waals surface area contributed by atoms with Crippen LogP contribution >= 0.6 is 0 Å². The third-order valence-electron chi connectivity index (χ3n) is 6.83. The van der Waals surface area contributed by atoms with Gasteiger partial charge in [0.2, 0.25) is 5.76 Å². The Bertz CT molecular complexity index is 1600. The topological polar surface area (TPSA) is 133 Å². The number of phenolic OH excluding ortho intramolecular Hbond substituents is 1. The van der Waals surface area contributed by atoms with Crippen molar-refractivity contribution in [2.75, 3.05) is 0 Å². The van der Waals surface area contributed by atoms with Crippen molar-refractivity contribution in [1.29, 1.82) is 0 Å². The highest BCUT2D eigenvalue weighted by molar-refractivity contribution is 5.86. The van der Waals surface area contributed by atoms with Gasteiger partial charge in [-0.2, -0.15) is 0 Å². The van der Waals surface area contributed by atoms with Gasteiger partial charge in [0.15, 0.2) is 11.4 Å². The maximum atomic E-state index is 13.1. The summed E-state index contributed by atoms with van der Waals surface area (Å²) in [5.74, 6) is -1.29. The van der Waals surface area contributed by atoms with Gasteiger partial charge in [-0.3, -0.25) is 9.89 Å². The summed E-state index contributed by atoms with van der Waals surface area (Å²) < 4.78 is 6.93. The Hall–Kier alpha value is -4.40. The van der Waals surface area contributed by atoms with Crippen molar-refractivity contribution in [3.05, 3.63) is 80.5 Å². The van der Waals surface area contributed by atoms with Crippen LogP contribution in [0.3, 0.4) is 0 Å². The SMILES string of the molecule is Cc1[nH]n(-c2ccc3c(c2)CC3)c(=O)c1N=Nc1cc2c(c(-c3ccc(C(=O)O)o3)c1O)CCC2. The van der Waals surface area contributed by atoms with Gasteiger partial charge >= 0.3 is 5.97 Å². The number of furan rings is 1. The Kier molecular flexibility index (Phi) is 4.73. The number of carboxylic acid groups (broad SMARTS) is 1. The first-order chi connectivity index (χ1) is 16.9. The summed E-state index contributed by atoms with van der Waals surface area (Å²) in [6.07, 6.45) is 4.51. The molecule has 0 spiro atoms. The number of nitrogens with one attached hydrogen (secondary N) is 1. The monoisotopic (exact) mass is 470 g/mol. The number of aromatic hydroxyl groups is 1. The van der Waals surface area contributed by atoms with Crippen molar-refractivity contribution in [1.82, 2.24) is 9.78 Å². The fourth-order valence-corrected chi connectivity index (χ4v) is 4.91. The van der Waals surface area contributed by atoms with Gasteiger partial charge in [-0.25, -0.2) is 9.48 Å². The van der Waals surface area contributed by atoms with Crippen molar-refractivity contribution in [2.45, 2.75) is 39.0 Å². The van der Waals surface area contributed by atoms with Gasteiger partial charge in [-0.15, -0.1) is 10.2 Å². The Morgan fingerprint density at radius 1 is 1.03 bits per heavy atom. The van der Waals surface area contributed by atoms with E-state index in [1.165, 1.54) is 27.9 Å². The number of fused-ring (bicyclic) bond motifs is 2. The zero-order valence-corrected chi connectivity index (χ0v) is 19.0. The lowest BCUT2D eigenvalue weighted by molar-refractivity contribution is 0.0663. The van der Waals surface area contributed by atoms with Gasteiger partial charge in [0.1, 0.15) is 11.4 Å². The van der Waals surface area contributed by atoms with Gasteiger partial charge in [-0.1, -0.05) is 6.07 Å². The van der Waals surface area contributed by atoms with E-state index in [0.717, 1.165) is 48.9 Å². The zero-order chi connectivity index (χ0) is 24.3. The number of rotatable bonds is 5. The van der Waals surface area contributed by atoms with Gasteiger partial charge in [0, 0.05) is 0 Å². The Morgan fingerprint density at radius 2 is 1.86 bits per heavy atom. The molecule has 3 N–H and O–H groups in total. The van der Waals surface area contributed by atoms with Crippen LogP contribution in [0, 0.1) is 6.92 Å². The molecule has 0 fully saturated rings. The molecule has 0 amide bonds. The van der Waals surface area contributed by atoms with Crippen molar-refractivity contribution in [3.8, 4) is 22.8 Å². The summed E-state index contributed by atoms with van der Waals surface area (Å²) in [6, 6.07) is 10.6. The summed E-state index contributed by atoms with van der Waals surface area (Å²) in [5.41, 5.74) is 6.19. The molecular formula is C26H22N4O5. The molecule has 9 nitrogen and oxygen atoms in total. The molecular weight excluding hydrogens is 448 g/mol. The van der Waals surface area contributed by atoms with E-state index < -0.39 is 5.97 Å². The number of benzene rings is 2. The van der Waals surface area contributed by atoms with Crippen molar-refractivity contribution in [2.24, 2.45) is 10.2 Å². The van der Waals surface area contributed by atoms with Crippen LogP contribution in [0.4, 0.5) is 11.4 Å². The number of aryl methyl sites for hydroxylation is 4. The molecule has 0 saturated carbocycles. The lowest BCUT2D eigenvalue weighted by atomic mass is 9.88. The minimum absolute atomic E-state index is 0.153. The van der Waals surface area contributed by atoms with Gasteiger partial charge in [-0.05, 0) is 91.6 Å². The normalized spacial score (nSPS) is 14.2. The molecule has 0 radical (unpaired) electrons. The van der Waals surface area contributed by atoms with E-state index in [1.54, 1.807) is 13.0 Å². The maximum absolute atomic E-state index is 13.1. The van der Waals surface area contributed by atoms with Crippen molar-refractivity contribution < 1.29 is 19.4 Å². The van der Waals surface area contributed by atoms with E-state index in [2.05, 4.69) is 15.3 Å². The molecule has 0 bridgehead atoms. The molecule has 0 unspecified atom stereocenters. The lowest BCUT2D eigenvalue weighted by Gasteiger charge is -2.19. The van der Waals surface area contributed by atoms with E-state index in [4.69, 9.17) is 4.42 Å². The zero-order valence-electron chi connectivity index (χ0n) is 19.0. The van der Waals surface area contributed by atoms with Gasteiger partial charge in [0.25, 0.3) is 5.56 Å². The second-order valence-electron chi connectivity index (χ2n) is 8.96. The molecule has 176 valence electrons. The van der Waals surface area contributed by atoms with Crippen LogP contribution in [0.1, 0.15) is 44.9 Å². The summed E-state index contributed by atoms with van der Waals surface area (Å²) in [6.45, 7) is 1.75. The highest BCUT2D eigenvalue weighted by Crippen LogP contribution is 2.45. The molecule has 6 rings (SSSR count). The smallest absolute Gasteiger partial charge is 0.371 e. The van der Waals surface area contributed by atoms with Crippen LogP contribution in [0.2, 0.25) is 0 Å². The lowest BCUT2D eigenvalue weighted by Crippen LogP contribution is -2.16. The number of hydrogen-bond donors (Lipinski definition) is 3. The summed E-state index contributed by atoms with van der Waals surface area (Å²) in [4.78, 5) is 24.4. The quantitative estimate of drug-likeness (QED) is 0.347. The van der Waals surface area contributed by atoms with E-state index in [-0.39, 0.29) is 34.2 Å². The van der Waals surface area contributed by atoms with Crippen LogP contribution in [-0.4, -0.2) is 26.0 Å². The molecule has 2 aliphatic carbocycles. The third kappa shape index (κ3) is 3.39. The first-order valence-corrected chi connectivity index (χ1v) is 11.5. The molecule has 2 aromatic heterocycles. The standard InChI is InChI=1S/C26H22N4O5/c1-13-23(25(32)30(29-13)17-8-7-14-5-6-15(14)11-17)28-27-19-12-16-3-2-4-18(16)22(24(19)31)20-9-10-21(35-20)26(33)34/h7-12,29,31H,2-6H2,1H3,(H,33,34). The van der Waals surface area contributed by atoms with E-state index in [1.807, 2.05) is 18.2 Å². The minimum Gasteiger partial charge on any atom is -0.505 e. The van der Waals surface area contributed by atoms with Crippen molar-refractivity contribution >= 4 is 17.3 Å². The average molecular weight is 470 g/mol. The molecule has 0 aliphatic heterocycles. The summed E-state index contributed by atoms with van der Waals surface area (Å²) >= 11 is 0. The largest absolute Gasteiger partial charge is 0.505 e. The molecule has 2 aliphatic rings. The first kappa shape index (κ1) is 21.2. The number of aromatic amines is 1. The molecule has 35 heavy (non-hydrogen) atoms. The Morgan fingerprint density at radius 3 is 2.57 bits per heavy atom. The van der Waals surface area contributed by atoms with Crippen LogP contribution in [0.25, 0.3) is 17.0 Å². The number of phenols is 1. The second-order valence-corrected chi connectivity index (χ2v) is 8.96. The molecule has 4 aromatic rings. The van der Waals surface area contributed by atoms with Gasteiger partial charge in [0.05, 0.1) is 16.9 Å². The molecule has 2 aromatic carbocycles. The molecule has 0 saturated heterocycles. The third-order valence-corrected chi connectivity index (χ3v) is 6.83. The number of aromatic nitrogens is 2. The van der Waals surface area contributed by atoms with Gasteiger partial charge < -0.3 is 14.6 Å². The van der Waals surface area contributed by atoms with E-state index in [9.17, 15) is 19.8 Å². The second kappa shape index (κ2) is 7.83. The first-order valence-electron chi connectivity index (χ1n) is 11.5. The minimum atomic E-state index is -1.19. The highest BCUT2D eigenvalue weighted by Gasteiger charge is 2.25. The molecule has 9 heteroatoms. The van der Waals surface area contributed by atoms with E-state index in [0.29, 0.717) is 11.3 Å². The summed E-state index contributed by atoms with van der Waals surface area (Å²) in [7, 11) is 0. The predicted octanol–water partition coefficient (Wildman–Crippen LogP) is 5.14. The fraction of sp³-hybridized carbons (Fsp3) is 0.231.